The van der Waals surface area contributed by atoms with Gasteiger partial charge in [0.05, 0.1) is 24.1 Å². The highest BCUT2D eigenvalue weighted by Gasteiger charge is 2.30. The first-order valence-corrected chi connectivity index (χ1v) is 6.84. The van der Waals surface area contributed by atoms with Gasteiger partial charge in [0.15, 0.2) is 11.5 Å². The minimum atomic E-state index is -4.44. The molecule has 11 heteroatoms. The molecule has 2 aromatic heterocycles. The molecule has 3 aromatic rings. The Morgan fingerprint density at radius 2 is 1.96 bits per heavy atom. The van der Waals surface area contributed by atoms with E-state index >= 15 is 0 Å². The Morgan fingerprint density at radius 3 is 2.52 bits per heavy atom. The van der Waals surface area contributed by atoms with Crippen molar-refractivity contribution in [3.8, 4) is 11.5 Å². The number of H-pyrrole nitrogens is 1. The van der Waals surface area contributed by atoms with Crippen LogP contribution in [-0.4, -0.2) is 25.2 Å². The van der Waals surface area contributed by atoms with E-state index in [1.54, 1.807) is 0 Å². The molecule has 0 aliphatic rings. The summed E-state index contributed by atoms with van der Waals surface area (Å²) in [5, 5.41) is 15.4. The minimum absolute atomic E-state index is 0.0396. The summed E-state index contributed by atoms with van der Waals surface area (Å²) in [5.74, 6) is -0.740. The molecule has 2 heterocycles. The molecule has 0 bridgehead atoms. The molecule has 0 unspecified atom stereocenters. The number of halogens is 3. The molecule has 8 nitrogen and oxygen atoms in total. The van der Waals surface area contributed by atoms with Crippen LogP contribution in [0.15, 0.2) is 39.8 Å². The number of nitrogens with one attached hydrogen (secondary N) is 2. The predicted molar refractivity (Wildman–Crippen MR) is 78.8 cm³/mol. The number of hydrogen-bond acceptors (Lipinski definition) is 7. The monoisotopic (exact) mass is 353 g/mol. The first kappa shape index (κ1) is 16.6. The highest BCUT2D eigenvalue weighted by molar-refractivity contribution is 5.70. The Balaban J connectivity index is 1.96. The van der Waals surface area contributed by atoms with Gasteiger partial charge in [0, 0.05) is 5.69 Å². The van der Waals surface area contributed by atoms with E-state index in [-0.39, 0.29) is 23.0 Å². The van der Waals surface area contributed by atoms with E-state index in [1.807, 2.05) is 0 Å². The second-order valence-corrected chi connectivity index (χ2v) is 4.86. The molecule has 0 radical (unpaired) electrons. The number of aliphatic hydroxyl groups excluding tert-OH is 1. The molecule has 1 aromatic carbocycles. The van der Waals surface area contributed by atoms with Crippen LogP contribution in [0.5, 0.6) is 0 Å². The van der Waals surface area contributed by atoms with Crippen LogP contribution in [0.4, 0.5) is 24.7 Å². The van der Waals surface area contributed by atoms with Crippen molar-refractivity contribution in [3.63, 3.8) is 0 Å². The maximum atomic E-state index is 12.6. The van der Waals surface area contributed by atoms with Crippen LogP contribution in [0, 0.1) is 0 Å². The lowest BCUT2D eigenvalue weighted by atomic mass is 10.2. The van der Waals surface area contributed by atoms with Crippen molar-refractivity contribution in [3.05, 3.63) is 52.3 Å². The van der Waals surface area contributed by atoms with Gasteiger partial charge in [-0.25, -0.2) is 14.8 Å². The summed E-state index contributed by atoms with van der Waals surface area (Å²) in [7, 11) is 0. The number of rotatable bonds is 4. The van der Waals surface area contributed by atoms with Gasteiger partial charge in [0.1, 0.15) is 0 Å². The molecule has 25 heavy (non-hydrogen) atoms. The fraction of sp³-hybridized carbons (Fsp3) is 0.143. The molecule has 0 saturated carbocycles. The number of hydrogen-bond donors (Lipinski definition) is 3. The van der Waals surface area contributed by atoms with Crippen molar-refractivity contribution in [2.75, 3.05) is 5.32 Å². The van der Waals surface area contributed by atoms with Crippen molar-refractivity contribution in [1.29, 1.82) is 0 Å². The minimum Gasteiger partial charge on any atom is -0.390 e. The van der Waals surface area contributed by atoms with Crippen LogP contribution in [0.3, 0.4) is 0 Å². The maximum Gasteiger partial charge on any atom is 0.439 e. The lowest BCUT2D eigenvalue weighted by Crippen LogP contribution is -2.06. The Kier molecular flexibility index (Phi) is 4.23. The standard InChI is InChI=1S/C14H10F3N5O3/c15-14(16,17)7-1-3-8(4-2-7)20-11-10(12-21-13(24)25-22-12)19-9(6-23)5-18-11/h1-5,23H,6H2,(H,18,20)(H,21,22,24). The van der Waals surface area contributed by atoms with Crippen molar-refractivity contribution < 1.29 is 22.8 Å². The number of aliphatic hydroxyl groups is 1. The molecule has 0 aliphatic carbocycles. The Labute approximate surface area is 137 Å². The molecule has 0 amide bonds. The summed E-state index contributed by atoms with van der Waals surface area (Å²) in [6.45, 7) is -0.400. The van der Waals surface area contributed by atoms with Gasteiger partial charge < -0.3 is 10.4 Å². The second-order valence-electron chi connectivity index (χ2n) is 4.86. The van der Waals surface area contributed by atoms with Crippen LogP contribution in [0.2, 0.25) is 0 Å². The quantitative estimate of drug-likeness (QED) is 0.657. The predicted octanol–water partition coefficient (Wildman–Crippen LogP) is 2.07. The van der Waals surface area contributed by atoms with Crippen molar-refractivity contribution in [1.82, 2.24) is 20.1 Å². The topological polar surface area (TPSA) is 117 Å². The van der Waals surface area contributed by atoms with Gasteiger partial charge in [-0.05, 0) is 24.3 Å². The van der Waals surface area contributed by atoms with Crippen LogP contribution in [-0.2, 0) is 12.8 Å². The second kappa shape index (κ2) is 6.36. The molecule has 3 rings (SSSR count). The average Bonchev–Trinajstić information content (AvgIpc) is 3.01. The van der Waals surface area contributed by atoms with Crippen LogP contribution < -0.4 is 11.1 Å². The molecular weight excluding hydrogens is 343 g/mol. The fourth-order valence-corrected chi connectivity index (χ4v) is 1.97. The Hall–Kier alpha value is -3.21. The molecule has 0 spiro atoms. The smallest absolute Gasteiger partial charge is 0.390 e. The van der Waals surface area contributed by atoms with Crippen molar-refractivity contribution in [2.45, 2.75) is 12.8 Å². The summed E-state index contributed by atoms with van der Waals surface area (Å²) >= 11 is 0. The molecular formula is C14H10F3N5O3. The van der Waals surface area contributed by atoms with E-state index in [4.69, 9.17) is 5.11 Å². The van der Waals surface area contributed by atoms with Crippen molar-refractivity contribution in [2.24, 2.45) is 0 Å². The number of alkyl halides is 3. The van der Waals surface area contributed by atoms with Gasteiger partial charge in [-0.2, -0.15) is 13.2 Å². The van der Waals surface area contributed by atoms with Gasteiger partial charge >= 0.3 is 11.9 Å². The summed E-state index contributed by atoms with van der Waals surface area (Å²) in [6, 6.07) is 4.27. The lowest BCUT2D eigenvalue weighted by Gasteiger charge is -2.11. The highest BCUT2D eigenvalue weighted by Crippen LogP contribution is 2.31. The third-order valence-corrected chi connectivity index (χ3v) is 3.12. The number of nitrogens with zero attached hydrogens (tertiary/aromatic N) is 3. The highest BCUT2D eigenvalue weighted by atomic mass is 19.4. The van der Waals surface area contributed by atoms with E-state index in [0.29, 0.717) is 5.69 Å². The van der Waals surface area contributed by atoms with Crippen LogP contribution >= 0.6 is 0 Å². The molecule has 3 N–H and O–H groups in total. The first-order valence-electron chi connectivity index (χ1n) is 6.84. The van der Waals surface area contributed by atoms with Gasteiger partial charge in [0.25, 0.3) is 0 Å². The molecule has 0 fully saturated rings. The zero-order chi connectivity index (χ0) is 18.0. The number of aromatic amines is 1. The average molecular weight is 353 g/mol. The van der Waals surface area contributed by atoms with E-state index in [0.717, 1.165) is 12.1 Å². The maximum absolute atomic E-state index is 12.6. The summed E-state index contributed by atoms with van der Waals surface area (Å²) < 4.78 is 42.2. The van der Waals surface area contributed by atoms with Crippen LogP contribution in [0.1, 0.15) is 11.3 Å². The first-order chi connectivity index (χ1) is 11.9. The van der Waals surface area contributed by atoms with E-state index < -0.39 is 24.1 Å². The zero-order valence-corrected chi connectivity index (χ0v) is 12.3. The van der Waals surface area contributed by atoms with Gasteiger partial charge in [0.2, 0.25) is 5.82 Å². The Bertz CT molecular complexity index is 934. The van der Waals surface area contributed by atoms with Gasteiger partial charge in [-0.15, -0.1) is 0 Å². The van der Waals surface area contributed by atoms with E-state index in [2.05, 4.69) is 29.9 Å². The van der Waals surface area contributed by atoms with E-state index in [9.17, 15) is 18.0 Å². The molecule has 0 atom stereocenters. The normalized spacial score (nSPS) is 11.5. The van der Waals surface area contributed by atoms with Gasteiger partial charge in [-0.1, -0.05) is 5.16 Å². The zero-order valence-electron chi connectivity index (χ0n) is 12.3. The molecule has 0 aliphatic heterocycles. The largest absolute Gasteiger partial charge is 0.439 e. The SMILES string of the molecule is O=c1[nH]c(-c2nc(CO)cnc2Nc2ccc(C(F)(F)F)cc2)no1. The van der Waals surface area contributed by atoms with Crippen molar-refractivity contribution >= 4 is 11.5 Å². The fourth-order valence-electron chi connectivity index (χ4n) is 1.97. The summed E-state index contributed by atoms with van der Waals surface area (Å²) in [5.41, 5.74) is -0.207. The summed E-state index contributed by atoms with van der Waals surface area (Å²) in [4.78, 5) is 21.5. The number of aromatic nitrogens is 4. The third-order valence-electron chi connectivity index (χ3n) is 3.12. The number of benzene rings is 1. The number of anilines is 2. The molecule has 0 saturated heterocycles. The molecule has 130 valence electrons. The van der Waals surface area contributed by atoms with Gasteiger partial charge in [-0.3, -0.25) is 9.51 Å². The third kappa shape index (κ3) is 3.66. The van der Waals surface area contributed by atoms with E-state index in [1.165, 1.54) is 18.3 Å². The van der Waals surface area contributed by atoms with Crippen LogP contribution in [0.25, 0.3) is 11.5 Å². The summed E-state index contributed by atoms with van der Waals surface area (Å²) in [6.07, 6.45) is -3.17. The lowest BCUT2D eigenvalue weighted by molar-refractivity contribution is -0.137. The Morgan fingerprint density at radius 1 is 1.24 bits per heavy atom.